The molecule has 0 radical (unpaired) electrons. The lowest BCUT2D eigenvalue weighted by Crippen LogP contribution is -2.28. The van der Waals surface area contributed by atoms with E-state index < -0.39 is 0 Å². The zero-order valence-electron chi connectivity index (χ0n) is 7.31. The van der Waals surface area contributed by atoms with E-state index in [4.69, 9.17) is 0 Å². The summed E-state index contributed by atoms with van der Waals surface area (Å²) in [7, 11) is 0. The molecule has 1 unspecified atom stereocenters. The minimum Gasteiger partial charge on any atom is -0.356 e. The number of hydrogen-bond donors (Lipinski definition) is 1. The third-order valence-corrected chi connectivity index (χ3v) is 2.34. The van der Waals surface area contributed by atoms with E-state index in [1.807, 2.05) is 0 Å². The molecule has 0 bridgehead atoms. The molecule has 3 heteroatoms. The van der Waals surface area contributed by atoms with Gasteiger partial charge in [-0.25, -0.2) is 0 Å². The van der Waals surface area contributed by atoms with Gasteiger partial charge in [0.2, 0.25) is 5.91 Å². The topological polar surface area (TPSA) is 29.1 Å². The fourth-order valence-electron chi connectivity index (χ4n) is 1.60. The molecule has 12 heavy (non-hydrogen) atoms. The summed E-state index contributed by atoms with van der Waals surface area (Å²) >= 11 is 0. The van der Waals surface area contributed by atoms with Crippen LogP contribution in [0.1, 0.15) is 32.1 Å². The summed E-state index contributed by atoms with van der Waals surface area (Å²) in [5.41, 5.74) is 0. The molecule has 0 aromatic rings. The van der Waals surface area contributed by atoms with Crippen molar-refractivity contribution < 1.29 is 9.18 Å². The summed E-state index contributed by atoms with van der Waals surface area (Å²) < 4.78 is 11.8. The predicted molar refractivity (Wildman–Crippen MR) is 45.6 cm³/mol. The molecule has 1 N–H and O–H groups in total. The molecular weight excluding hydrogens is 157 g/mol. The van der Waals surface area contributed by atoms with Crippen molar-refractivity contribution in [3.8, 4) is 0 Å². The normalized spacial score (nSPS) is 24.8. The van der Waals surface area contributed by atoms with Crippen LogP contribution < -0.4 is 5.32 Å². The fourth-order valence-corrected chi connectivity index (χ4v) is 1.60. The quantitative estimate of drug-likeness (QED) is 0.690. The Balaban J connectivity index is 2.31. The molecule has 1 aliphatic rings. The highest BCUT2D eigenvalue weighted by atomic mass is 19.1. The van der Waals surface area contributed by atoms with E-state index >= 15 is 0 Å². The van der Waals surface area contributed by atoms with Gasteiger partial charge in [-0.05, 0) is 25.7 Å². The maximum Gasteiger partial charge on any atom is 0.223 e. The molecule has 1 fully saturated rings. The maximum atomic E-state index is 11.8. The summed E-state index contributed by atoms with van der Waals surface area (Å²) in [5.74, 6) is 0.198. The number of alkyl halides is 1. The van der Waals surface area contributed by atoms with Crippen molar-refractivity contribution >= 4 is 5.91 Å². The lowest BCUT2D eigenvalue weighted by Gasteiger charge is -2.10. The smallest absolute Gasteiger partial charge is 0.223 e. The van der Waals surface area contributed by atoms with E-state index in [9.17, 15) is 9.18 Å². The van der Waals surface area contributed by atoms with Gasteiger partial charge in [0.15, 0.2) is 0 Å². The van der Waals surface area contributed by atoms with Crippen LogP contribution in [-0.4, -0.2) is 19.1 Å². The van der Waals surface area contributed by atoms with Crippen molar-refractivity contribution in [2.24, 2.45) is 5.92 Å². The third kappa shape index (κ3) is 2.80. The number of carbonyl (C=O) groups excluding carboxylic acids is 1. The van der Waals surface area contributed by atoms with Crippen LogP contribution in [0, 0.1) is 5.92 Å². The zero-order chi connectivity index (χ0) is 8.81. The van der Waals surface area contributed by atoms with Crippen molar-refractivity contribution in [1.29, 1.82) is 0 Å². The highest BCUT2D eigenvalue weighted by Gasteiger charge is 2.19. The predicted octanol–water partition coefficient (Wildman–Crippen LogP) is 1.65. The molecule has 0 aromatic heterocycles. The Kier molecular flexibility index (Phi) is 4.05. The van der Waals surface area contributed by atoms with Gasteiger partial charge >= 0.3 is 0 Å². The lowest BCUT2D eigenvalue weighted by atomic mass is 9.97. The van der Waals surface area contributed by atoms with Gasteiger partial charge in [-0.15, -0.1) is 0 Å². The van der Waals surface area contributed by atoms with Crippen LogP contribution >= 0.6 is 0 Å². The fraction of sp³-hybridized carbons (Fsp3) is 0.889. The highest BCUT2D eigenvalue weighted by Crippen LogP contribution is 2.17. The number of halogens is 1. The molecule has 1 rings (SSSR count). The minimum atomic E-state index is -0.302. The standard InChI is InChI=1S/C9H16FNO/c10-6-3-5-8-4-1-2-7-11-9(8)12/h8H,1-7H2,(H,11,12). The van der Waals surface area contributed by atoms with Crippen molar-refractivity contribution in [3.63, 3.8) is 0 Å². The lowest BCUT2D eigenvalue weighted by molar-refractivity contribution is -0.124. The van der Waals surface area contributed by atoms with Crippen LogP contribution in [0.15, 0.2) is 0 Å². The molecular formula is C9H16FNO. The molecule has 0 spiro atoms. The summed E-state index contributed by atoms with van der Waals surface area (Å²) in [6.45, 7) is 0.495. The second-order valence-corrected chi connectivity index (χ2v) is 3.31. The van der Waals surface area contributed by atoms with Gasteiger partial charge in [-0.2, -0.15) is 0 Å². The Morgan fingerprint density at radius 1 is 1.50 bits per heavy atom. The number of amides is 1. The van der Waals surface area contributed by atoms with Crippen LogP contribution in [-0.2, 0) is 4.79 Å². The molecule has 0 aliphatic carbocycles. The van der Waals surface area contributed by atoms with Gasteiger partial charge in [0.05, 0.1) is 6.67 Å². The molecule has 0 aromatic carbocycles. The Labute approximate surface area is 72.5 Å². The summed E-state index contributed by atoms with van der Waals surface area (Å²) in [4.78, 5) is 11.3. The third-order valence-electron chi connectivity index (χ3n) is 2.34. The van der Waals surface area contributed by atoms with Crippen LogP contribution in [0.25, 0.3) is 0 Å². The first-order valence-corrected chi connectivity index (χ1v) is 4.68. The molecule has 1 aliphatic heterocycles. The molecule has 1 atom stereocenters. The molecule has 1 saturated heterocycles. The molecule has 1 amide bonds. The SMILES string of the molecule is O=C1NCCCCC1CCCF. The second-order valence-electron chi connectivity index (χ2n) is 3.31. The van der Waals surface area contributed by atoms with Crippen LogP contribution in [0.4, 0.5) is 4.39 Å². The van der Waals surface area contributed by atoms with Gasteiger partial charge in [-0.3, -0.25) is 9.18 Å². The Bertz CT molecular complexity index is 149. The first-order valence-electron chi connectivity index (χ1n) is 4.68. The number of rotatable bonds is 3. The Hall–Kier alpha value is -0.600. The van der Waals surface area contributed by atoms with Gasteiger partial charge in [-0.1, -0.05) is 6.42 Å². The van der Waals surface area contributed by atoms with Crippen LogP contribution in [0.2, 0.25) is 0 Å². The molecule has 0 saturated carbocycles. The minimum absolute atomic E-state index is 0.0725. The molecule has 1 heterocycles. The molecule has 70 valence electrons. The van der Waals surface area contributed by atoms with E-state index in [-0.39, 0.29) is 18.5 Å². The van der Waals surface area contributed by atoms with Crippen molar-refractivity contribution in [2.45, 2.75) is 32.1 Å². The average molecular weight is 173 g/mol. The van der Waals surface area contributed by atoms with Crippen LogP contribution in [0.5, 0.6) is 0 Å². The summed E-state index contributed by atoms with van der Waals surface area (Å²) in [6.07, 6.45) is 4.33. The van der Waals surface area contributed by atoms with E-state index in [2.05, 4.69) is 5.32 Å². The molecule has 2 nitrogen and oxygen atoms in total. The van der Waals surface area contributed by atoms with Crippen molar-refractivity contribution in [1.82, 2.24) is 5.32 Å². The second kappa shape index (κ2) is 5.12. The first-order chi connectivity index (χ1) is 5.84. The monoisotopic (exact) mass is 173 g/mol. The van der Waals surface area contributed by atoms with Gasteiger partial charge in [0.25, 0.3) is 0 Å². The Morgan fingerprint density at radius 3 is 3.08 bits per heavy atom. The maximum absolute atomic E-state index is 11.8. The number of hydrogen-bond acceptors (Lipinski definition) is 1. The van der Waals surface area contributed by atoms with Gasteiger partial charge in [0, 0.05) is 12.5 Å². The number of carbonyl (C=O) groups is 1. The largest absolute Gasteiger partial charge is 0.356 e. The average Bonchev–Trinajstić information content (AvgIpc) is 2.27. The van der Waals surface area contributed by atoms with Gasteiger partial charge < -0.3 is 5.32 Å². The van der Waals surface area contributed by atoms with Crippen LogP contribution in [0.3, 0.4) is 0 Å². The van der Waals surface area contributed by atoms with E-state index in [1.54, 1.807) is 0 Å². The van der Waals surface area contributed by atoms with E-state index in [0.29, 0.717) is 12.8 Å². The first kappa shape index (κ1) is 9.49. The van der Waals surface area contributed by atoms with Crippen molar-refractivity contribution in [3.05, 3.63) is 0 Å². The highest BCUT2D eigenvalue weighted by molar-refractivity contribution is 5.78. The van der Waals surface area contributed by atoms with E-state index in [1.165, 1.54) is 0 Å². The number of nitrogens with one attached hydrogen (secondary N) is 1. The van der Waals surface area contributed by atoms with Gasteiger partial charge in [0.1, 0.15) is 0 Å². The summed E-state index contributed by atoms with van der Waals surface area (Å²) in [5, 5.41) is 2.84. The summed E-state index contributed by atoms with van der Waals surface area (Å²) in [6, 6.07) is 0. The zero-order valence-corrected chi connectivity index (χ0v) is 7.31. The Morgan fingerprint density at radius 2 is 2.33 bits per heavy atom. The van der Waals surface area contributed by atoms with E-state index in [0.717, 1.165) is 25.8 Å². The van der Waals surface area contributed by atoms with Crippen molar-refractivity contribution in [2.75, 3.05) is 13.2 Å².